The first kappa shape index (κ1) is 16.6. The first-order chi connectivity index (χ1) is 9.95. The van der Waals surface area contributed by atoms with E-state index in [1.54, 1.807) is 0 Å². The number of rotatable bonds is 6. The number of urea groups is 1. The Labute approximate surface area is 129 Å². The van der Waals surface area contributed by atoms with Gasteiger partial charge < -0.3 is 19.9 Å². The zero-order valence-electron chi connectivity index (χ0n) is 14.0. The van der Waals surface area contributed by atoms with Crippen LogP contribution >= 0.6 is 0 Å². The zero-order valence-corrected chi connectivity index (χ0v) is 14.0. The van der Waals surface area contributed by atoms with Crippen molar-refractivity contribution in [3.05, 3.63) is 0 Å². The number of amides is 2. The van der Waals surface area contributed by atoms with Crippen molar-refractivity contribution in [2.45, 2.75) is 45.8 Å². The summed E-state index contributed by atoms with van der Waals surface area (Å²) in [4.78, 5) is 16.5. The molecule has 2 fully saturated rings. The van der Waals surface area contributed by atoms with Crippen molar-refractivity contribution in [1.82, 2.24) is 15.1 Å². The van der Waals surface area contributed by atoms with Gasteiger partial charge in [-0.1, -0.05) is 13.8 Å². The lowest BCUT2D eigenvalue weighted by Gasteiger charge is -2.35. The number of ether oxygens (including phenoxy) is 1. The lowest BCUT2D eigenvalue weighted by Crippen LogP contribution is -2.54. The summed E-state index contributed by atoms with van der Waals surface area (Å²) < 4.78 is 5.82. The van der Waals surface area contributed by atoms with Crippen LogP contribution in [0.15, 0.2) is 0 Å². The smallest absolute Gasteiger partial charge is 0.317 e. The number of carbonyl (C=O) groups excluding carboxylic acids is 1. The number of nitrogens with zero attached hydrogens (tertiary/aromatic N) is 2. The Morgan fingerprint density at radius 2 is 2.05 bits per heavy atom. The highest BCUT2D eigenvalue weighted by Crippen LogP contribution is 2.29. The number of nitrogens with one attached hydrogen (secondary N) is 1. The van der Waals surface area contributed by atoms with Crippen molar-refractivity contribution in [3.63, 3.8) is 0 Å². The molecule has 0 aromatic heterocycles. The van der Waals surface area contributed by atoms with Gasteiger partial charge in [-0.05, 0) is 38.6 Å². The van der Waals surface area contributed by atoms with Gasteiger partial charge in [-0.2, -0.15) is 0 Å². The maximum atomic E-state index is 12.3. The molecule has 1 aliphatic heterocycles. The molecule has 1 N–H and O–H groups in total. The lowest BCUT2D eigenvalue weighted by molar-refractivity contribution is -0.0281. The molecule has 2 atom stereocenters. The molecule has 0 aromatic rings. The van der Waals surface area contributed by atoms with Gasteiger partial charge in [0.25, 0.3) is 0 Å². The number of morpholine rings is 1. The van der Waals surface area contributed by atoms with Crippen molar-refractivity contribution in [1.29, 1.82) is 0 Å². The summed E-state index contributed by atoms with van der Waals surface area (Å²) in [7, 11) is 2.15. The minimum absolute atomic E-state index is 0.0503. The first-order valence-corrected chi connectivity index (χ1v) is 8.31. The van der Waals surface area contributed by atoms with E-state index in [0.717, 1.165) is 19.0 Å². The molecule has 0 radical (unpaired) electrons. The Morgan fingerprint density at radius 3 is 2.67 bits per heavy atom. The van der Waals surface area contributed by atoms with Gasteiger partial charge in [-0.15, -0.1) is 0 Å². The molecule has 1 aliphatic carbocycles. The van der Waals surface area contributed by atoms with E-state index in [0.29, 0.717) is 25.6 Å². The Bertz CT molecular complexity index is 344. The van der Waals surface area contributed by atoms with E-state index in [1.807, 2.05) is 4.90 Å². The minimum Gasteiger partial charge on any atom is -0.373 e. The van der Waals surface area contributed by atoms with Crippen LogP contribution in [0.25, 0.3) is 0 Å². The van der Waals surface area contributed by atoms with Crippen LogP contribution < -0.4 is 5.32 Å². The molecular weight excluding hydrogens is 266 g/mol. The average Bonchev–Trinajstić information content (AvgIpc) is 3.22. The maximum Gasteiger partial charge on any atom is 0.317 e. The van der Waals surface area contributed by atoms with Gasteiger partial charge in [0.15, 0.2) is 0 Å². The quantitative estimate of drug-likeness (QED) is 0.813. The minimum atomic E-state index is 0.0503. The summed E-state index contributed by atoms with van der Waals surface area (Å²) in [5, 5.41) is 3.08. The third-order valence-electron chi connectivity index (χ3n) is 4.56. The highest BCUT2D eigenvalue weighted by molar-refractivity contribution is 5.74. The highest BCUT2D eigenvalue weighted by Gasteiger charge is 2.28. The summed E-state index contributed by atoms with van der Waals surface area (Å²) in [6.45, 7) is 10.4. The summed E-state index contributed by atoms with van der Waals surface area (Å²) >= 11 is 0. The van der Waals surface area contributed by atoms with Gasteiger partial charge in [0.2, 0.25) is 0 Å². The van der Waals surface area contributed by atoms with E-state index in [9.17, 15) is 4.79 Å². The van der Waals surface area contributed by atoms with Crippen molar-refractivity contribution in [3.8, 4) is 0 Å². The number of carbonyl (C=O) groups is 1. The molecule has 0 aromatic carbocycles. The van der Waals surface area contributed by atoms with E-state index in [2.05, 4.69) is 38.0 Å². The van der Waals surface area contributed by atoms with Crippen molar-refractivity contribution >= 4 is 6.03 Å². The second kappa shape index (κ2) is 7.45. The predicted octanol–water partition coefficient (Wildman–Crippen LogP) is 1.78. The van der Waals surface area contributed by atoms with Crippen molar-refractivity contribution in [2.24, 2.45) is 11.8 Å². The highest BCUT2D eigenvalue weighted by atomic mass is 16.5. The molecule has 0 bridgehead atoms. The molecule has 1 heterocycles. The topological polar surface area (TPSA) is 44.8 Å². The third kappa shape index (κ3) is 5.47. The van der Waals surface area contributed by atoms with Crippen LogP contribution in [0.1, 0.15) is 33.6 Å². The van der Waals surface area contributed by atoms with Gasteiger partial charge in [0, 0.05) is 32.2 Å². The summed E-state index contributed by atoms with van der Waals surface area (Å²) in [5.74, 6) is 1.35. The van der Waals surface area contributed by atoms with Crippen LogP contribution in [0.3, 0.4) is 0 Å². The molecule has 0 unspecified atom stereocenters. The fourth-order valence-corrected chi connectivity index (χ4v) is 2.63. The SMILES string of the molecule is CC(C)[C@H](C)NC(=O)N1CCO[C@@H](CN(C)CC2CC2)C1. The maximum absolute atomic E-state index is 12.3. The molecule has 21 heavy (non-hydrogen) atoms. The third-order valence-corrected chi connectivity index (χ3v) is 4.56. The number of likely N-dealkylation sites (N-methyl/N-ethyl adjacent to an activating group) is 1. The Morgan fingerprint density at radius 1 is 1.33 bits per heavy atom. The van der Waals surface area contributed by atoms with Gasteiger partial charge in [0.05, 0.1) is 12.7 Å². The number of hydrogen-bond donors (Lipinski definition) is 1. The summed E-state index contributed by atoms with van der Waals surface area (Å²) in [6, 6.07) is 0.255. The predicted molar refractivity (Wildman–Crippen MR) is 84.4 cm³/mol. The molecule has 2 amide bonds. The van der Waals surface area contributed by atoms with Crippen LogP contribution in [0.2, 0.25) is 0 Å². The van der Waals surface area contributed by atoms with E-state index in [4.69, 9.17) is 4.74 Å². The first-order valence-electron chi connectivity index (χ1n) is 8.31. The second-order valence-corrected chi connectivity index (χ2v) is 7.09. The van der Waals surface area contributed by atoms with E-state index in [1.165, 1.54) is 12.8 Å². The summed E-state index contributed by atoms with van der Waals surface area (Å²) in [5.41, 5.74) is 0. The molecule has 2 aliphatic rings. The lowest BCUT2D eigenvalue weighted by atomic mass is 10.1. The van der Waals surface area contributed by atoms with Crippen LogP contribution in [0, 0.1) is 11.8 Å². The zero-order chi connectivity index (χ0) is 15.4. The van der Waals surface area contributed by atoms with Crippen LogP contribution in [-0.2, 0) is 4.74 Å². The molecule has 1 saturated carbocycles. The van der Waals surface area contributed by atoms with Crippen molar-refractivity contribution < 1.29 is 9.53 Å². The second-order valence-electron chi connectivity index (χ2n) is 7.09. The van der Waals surface area contributed by atoms with Gasteiger partial charge in [-0.25, -0.2) is 4.79 Å². The van der Waals surface area contributed by atoms with Crippen LogP contribution in [-0.4, -0.2) is 67.8 Å². The normalized spacial score (nSPS) is 24.5. The largest absolute Gasteiger partial charge is 0.373 e. The number of hydrogen-bond acceptors (Lipinski definition) is 3. The van der Waals surface area contributed by atoms with Crippen LogP contribution in [0.5, 0.6) is 0 Å². The Balaban J connectivity index is 1.75. The molecule has 5 nitrogen and oxygen atoms in total. The van der Waals surface area contributed by atoms with E-state index < -0.39 is 0 Å². The summed E-state index contributed by atoms with van der Waals surface area (Å²) in [6.07, 6.45) is 2.89. The molecule has 122 valence electrons. The fourth-order valence-electron chi connectivity index (χ4n) is 2.63. The molecular formula is C16H31N3O2. The van der Waals surface area contributed by atoms with Gasteiger partial charge in [-0.3, -0.25) is 0 Å². The van der Waals surface area contributed by atoms with Crippen molar-refractivity contribution in [2.75, 3.05) is 39.8 Å². The molecule has 5 heteroatoms. The fraction of sp³-hybridized carbons (Fsp3) is 0.938. The van der Waals surface area contributed by atoms with E-state index >= 15 is 0 Å². The Kier molecular flexibility index (Phi) is 5.88. The molecule has 2 rings (SSSR count). The van der Waals surface area contributed by atoms with Crippen LogP contribution in [0.4, 0.5) is 4.79 Å². The van der Waals surface area contributed by atoms with Gasteiger partial charge in [0.1, 0.15) is 0 Å². The monoisotopic (exact) mass is 297 g/mol. The molecule has 1 saturated heterocycles. The van der Waals surface area contributed by atoms with Gasteiger partial charge >= 0.3 is 6.03 Å². The average molecular weight is 297 g/mol. The standard InChI is InChI=1S/C16H31N3O2/c1-12(2)13(3)17-16(20)19-7-8-21-15(11-19)10-18(4)9-14-5-6-14/h12-15H,5-11H2,1-4H3,(H,17,20)/t13-,15-/m0/s1. The Hall–Kier alpha value is -0.810. The van der Waals surface area contributed by atoms with E-state index in [-0.39, 0.29) is 18.2 Å². The molecule has 0 spiro atoms.